The Kier molecular flexibility index (Phi) is 3.60. The molecule has 0 fully saturated rings. The van der Waals surface area contributed by atoms with Gasteiger partial charge in [-0.05, 0) is 25.4 Å². The fourth-order valence-corrected chi connectivity index (χ4v) is 2.72. The van der Waals surface area contributed by atoms with E-state index in [1.165, 1.54) is 11.5 Å². The molecule has 1 unspecified atom stereocenters. The Morgan fingerprint density at radius 3 is 2.94 bits per heavy atom. The lowest BCUT2D eigenvalue weighted by molar-refractivity contribution is 0.208. The minimum atomic E-state index is -0.414. The molecule has 2 rings (SSSR count). The number of aliphatic hydroxyl groups excluding tert-OH is 1. The van der Waals surface area contributed by atoms with Gasteiger partial charge in [-0.1, -0.05) is 0 Å². The van der Waals surface area contributed by atoms with Gasteiger partial charge in [0.15, 0.2) is 0 Å². The molecule has 2 heterocycles. The molecule has 0 aliphatic heterocycles. The van der Waals surface area contributed by atoms with Crippen LogP contribution in [-0.2, 0) is 0 Å². The zero-order chi connectivity index (χ0) is 12.4. The van der Waals surface area contributed by atoms with Gasteiger partial charge in [-0.2, -0.15) is 4.37 Å². The predicted octanol–water partition coefficient (Wildman–Crippen LogP) is 1.95. The minimum Gasteiger partial charge on any atom is -0.392 e. The fourth-order valence-electron chi connectivity index (χ4n) is 1.39. The first kappa shape index (κ1) is 12.3. The van der Waals surface area contributed by atoms with Crippen LogP contribution in [0, 0.1) is 6.92 Å². The molecule has 4 N–H and O–H groups in total. The standard InChI is InChI=1S/C10H14N4OS2/c1-5(15)3-12-10-8(9(11)14-17-10)7-4-16-6(2)13-7/h4-5,12,15H,3H2,1-2H3,(H2,11,14). The maximum atomic E-state index is 9.26. The second-order valence-corrected chi connectivity index (χ2v) is 5.59. The maximum absolute atomic E-state index is 9.26. The molecule has 0 saturated heterocycles. The summed E-state index contributed by atoms with van der Waals surface area (Å²) in [4.78, 5) is 4.40. The summed E-state index contributed by atoms with van der Waals surface area (Å²) in [5.74, 6) is 0.480. The van der Waals surface area contributed by atoms with Gasteiger partial charge in [0.05, 0.1) is 22.4 Å². The van der Waals surface area contributed by atoms with Crippen molar-refractivity contribution in [3.63, 3.8) is 0 Å². The van der Waals surface area contributed by atoms with Gasteiger partial charge in [0.2, 0.25) is 0 Å². The fraction of sp³-hybridized carbons (Fsp3) is 0.400. The quantitative estimate of drug-likeness (QED) is 0.791. The van der Waals surface area contributed by atoms with E-state index in [0.29, 0.717) is 12.4 Å². The monoisotopic (exact) mass is 270 g/mol. The lowest BCUT2D eigenvalue weighted by Gasteiger charge is -2.07. The van der Waals surface area contributed by atoms with Crippen LogP contribution in [0.25, 0.3) is 11.3 Å². The smallest absolute Gasteiger partial charge is 0.148 e. The highest BCUT2D eigenvalue weighted by Gasteiger charge is 2.16. The predicted molar refractivity (Wildman–Crippen MR) is 72.5 cm³/mol. The number of aromatic nitrogens is 2. The van der Waals surface area contributed by atoms with Crippen LogP contribution in [0.2, 0.25) is 0 Å². The lowest BCUT2D eigenvalue weighted by atomic mass is 10.2. The second-order valence-electron chi connectivity index (χ2n) is 3.75. The molecule has 0 aliphatic rings. The number of anilines is 2. The molecule has 0 aromatic carbocycles. The van der Waals surface area contributed by atoms with Crippen LogP contribution in [-0.4, -0.2) is 27.1 Å². The van der Waals surface area contributed by atoms with Crippen LogP contribution in [0.5, 0.6) is 0 Å². The van der Waals surface area contributed by atoms with Gasteiger partial charge in [0.25, 0.3) is 0 Å². The Balaban J connectivity index is 2.29. The van der Waals surface area contributed by atoms with Crippen LogP contribution >= 0.6 is 22.9 Å². The number of nitrogen functional groups attached to an aromatic ring is 1. The van der Waals surface area contributed by atoms with Gasteiger partial charge in [0, 0.05) is 11.9 Å². The number of aliphatic hydroxyl groups is 1. The first-order valence-corrected chi connectivity index (χ1v) is 6.83. The number of hydrogen-bond donors (Lipinski definition) is 3. The molecular formula is C10H14N4OS2. The number of hydrogen-bond acceptors (Lipinski definition) is 7. The molecule has 17 heavy (non-hydrogen) atoms. The maximum Gasteiger partial charge on any atom is 0.148 e. The largest absolute Gasteiger partial charge is 0.392 e. The summed E-state index contributed by atoms with van der Waals surface area (Å²) in [5, 5.41) is 16.2. The van der Waals surface area contributed by atoms with Crippen LogP contribution in [0.1, 0.15) is 11.9 Å². The molecule has 2 aromatic heterocycles. The van der Waals surface area contributed by atoms with Gasteiger partial charge in [0.1, 0.15) is 10.8 Å². The first-order valence-electron chi connectivity index (χ1n) is 5.17. The third-order valence-corrected chi connectivity index (χ3v) is 3.74. The molecule has 92 valence electrons. The summed E-state index contributed by atoms with van der Waals surface area (Å²) >= 11 is 2.87. The highest BCUT2D eigenvalue weighted by atomic mass is 32.1. The highest BCUT2D eigenvalue weighted by Crippen LogP contribution is 2.36. The van der Waals surface area contributed by atoms with E-state index >= 15 is 0 Å². The topological polar surface area (TPSA) is 84.1 Å². The molecule has 0 amide bonds. The molecule has 0 saturated carbocycles. The summed E-state index contributed by atoms with van der Waals surface area (Å²) in [5.41, 5.74) is 7.52. The van der Waals surface area contributed by atoms with Crippen molar-refractivity contribution < 1.29 is 5.11 Å². The normalized spacial score (nSPS) is 12.6. The Bertz CT molecular complexity index is 506. The van der Waals surface area contributed by atoms with E-state index in [-0.39, 0.29) is 0 Å². The van der Waals surface area contributed by atoms with Crippen LogP contribution in [0.4, 0.5) is 10.8 Å². The number of nitrogens with one attached hydrogen (secondary N) is 1. The van der Waals surface area contributed by atoms with Crippen molar-refractivity contribution >= 4 is 33.7 Å². The molecular weight excluding hydrogens is 256 g/mol. The molecule has 7 heteroatoms. The van der Waals surface area contributed by atoms with Gasteiger partial charge in [-0.15, -0.1) is 11.3 Å². The van der Waals surface area contributed by atoms with Crippen molar-refractivity contribution in [3.05, 3.63) is 10.4 Å². The Morgan fingerprint density at radius 1 is 1.59 bits per heavy atom. The van der Waals surface area contributed by atoms with Gasteiger partial charge in [-0.25, -0.2) is 4.98 Å². The minimum absolute atomic E-state index is 0.414. The van der Waals surface area contributed by atoms with E-state index in [1.807, 2.05) is 12.3 Å². The van der Waals surface area contributed by atoms with Crippen molar-refractivity contribution in [2.75, 3.05) is 17.6 Å². The van der Waals surface area contributed by atoms with E-state index < -0.39 is 6.10 Å². The summed E-state index contributed by atoms with van der Waals surface area (Å²) in [6.07, 6.45) is -0.414. The molecule has 0 aliphatic carbocycles. The molecule has 0 spiro atoms. The van der Waals surface area contributed by atoms with Crippen molar-refractivity contribution in [3.8, 4) is 11.3 Å². The van der Waals surface area contributed by atoms with Gasteiger partial charge >= 0.3 is 0 Å². The van der Waals surface area contributed by atoms with Crippen LogP contribution in [0.3, 0.4) is 0 Å². The number of thiazole rings is 1. The summed E-state index contributed by atoms with van der Waals surface area (Å²) in [6, 6.07) is 0. The van der Waals surface area contributed by atoms with E-state index in [1.54, 1.807) is 18.3 Å². The molecule has 0 radical (unpaired) electrons. The Morgan fingerprint density at radius 2 is 2.35 bits per heavy atom. The summed E-state index contributed by atoms with van der Waals surface area (Å²) < 4.78 is 4.12. The SMILES string of the molecule is Cc1nc(-c2c(N)nsc2NCC(C)O)cs1. The molecule has 0 bridgehead atoms. The van der Waals surface area contributed by atoms with Crippen molar-refractivity contribution in [1.29, 1.82) is 0 Å². The lowest BCUT2D eigenvalue weighted by Crippen LogP contribution is -2.15. The summed E-state index contributed by atoms with van der Waals surface area (Å²) in [6.45, 7) is 4.15. The van der Waals surface area contributed by atoms with E-state index in [0.717, 1.165) is 21.3 Å². The first-order chi connectivity index (χ1) is 8.08. The highest BCUT2D eigenvalue weighted by molar-refractivity contribution is 7.11. The van der Waals surface area contributed by atoms with Crippen molar-refractivity contribution in [2.24, 2.45) is 0 Å². The molecule has 5 nitrogen and oxygen atoms in total. The van der Waals surface area contributed by atoms with Gasteiger partial charge in [-0.3, -0.25) is 0 Å². The van der Waals surface area contributed by atoms with Crippen LogP contribution < -0.4 is 11.1 Å². The average molecular weight is 270 g/mol. The number of aryl methyl sites for hydroxylation is 1. The molecule has 1 atom stereocenters. The Hall–Kier alpha value is -1.18. The number of nitrogens with two attached hydrogens (primary N) is 1. The van der Waals surface area contributed by atoms with E-state index in [9.17, 15) is 5.11 Å². The zero-order valence-corrected chi connectivity index (χ0v) is 11.2. The van der Waals surface area contributed by atoms with Gasteiger partial charge < -0.3 is 16.2 Å². The van der Waals surface area contributed by atoms with Crippen molar-refractivity contribution in [1.82, 2.24) is 9.36 Å². The third-order valence-electron chi connectivity index (χ3n) is 2.15. The number of nitrogens with zero attached hydrogens (tertiary/aromatic N) is 2. The zero-order valence-electron chi connectivity index (χ0n) is 9.60. The average Bonchev–Trinajstić information content (AvgIpc) is 2.82. The van der Waals surface area contributed by atoms with Crippen LogP contribution in [0.15, 0.2) is 5.38 Å². The Labute approximate surface area is 107 Å². The molecule has 2 aromatic rings. The summed E-state index contributed by atoms with van der Waals surface area (Å²) in [7, 11) is 0. The second kappa shape index (κ2) is 4.99. The van der Waals surface area contributed by atoms with E-state index in [2.05, 4.69) is 14.7 Å². The third kappa shape index (κ3) is 2.74. The van der Waals surface area contributed by atoms with E-state index in [4.69, 9.17) is 5.73 Å². The van der Waals surface area contributed by atoms with Crippen molar-refractivity contribution in [2.45, 2.75) is 20.0 Å². The number of rotatable bonds is 4.